The summed E-state index contributed by atoms with van der Waals surface area (Å²) in [5.74, 6) is 1.18. The second-order valence-electron chi connectivity index (χ2n) is 4.73. The molecule has 0 aliphatic rings. The fourth-order valence-corrected chi connectivity index (χ4v) is 2.21. The lowest BCUT2D eigenvalue weighted by molar-refractivity contribution is -0.135. The van der Waals surface area contributed by atoms with Crippen LogP contribution in [0.25, 0.3) is 0 Å². The van der Waals surface area contributed by atoms with Crippen molar-refractivity contribution in [2.75, 3.05) is 20.8 Å². The predicted molar refractivity (Wildman–Crippen MR) is 75.9 cm³/mol. The van der Waals surface area contributed by atoms with E-state index in [1.54, 1.807) is 19.2 Å². The van der Waals surface area contributed by atoms with Gasteiger partial charge in [-0.2, -0.15) is 13.2 Å². The molecule has 1 aromatic carbocycles. The fourth-order valence-electron chi connectivity index (χ4n) is 2.21. The van der Waals surface area contributed by atoms with Crippen LogP contribution in [-0.2, 0) is 0 Å². The second kappa shape index (κ2) is 8.12. The van der Waals surface area contributed by atoms with Gasteiger partial charge in [-0.05, 0) is 37.1 Å². The summed E-state index contributed by atoms with van der Waals surface area (Å²) in [5.41, 5.74) is 0.900. The third-order valence-corrected chi connectivity index (χ3v) is 3.21. The molecule has 0 heterocycles. The summed E-state index contributed by atoms with van der Waals surface area (Å²) < 4.78 is 47.2. The van der Waals surface area contributed by atoms with E-state index in [-0.39, 0.29) is 12.5 Å². The van der Waals surface area contributed by atoms with Crippen LogP contribution in [0.2, 0.25) is 0 Å². The van der Waals surface area contributed by atoms with Gasteiger partial charge >= 0.3 is 6.18 Å². The van der Waals surface area contributed by atoms with Gasteiger partial charge in [0.2, 0.25) is 0 Å². The molecule has 1 N–H and O–H groups in total. The predicted octanol–water partition coefficient (Wildman–Crippen LogP) is 4.09. The molecule has 0 saturated carbocycles. The smallest absolute Gasteiger partial charge is 0.389 e. The first-order valence-electron chi connectivity index (χ1n) is 6.93. The first kappa shape index (κ1) is 17.6. The molecular weight excluding hydrogens is 283 g/mol. The number of ether oxygens (including phenoxy) is 2. The monoisotopic (exact) mass is 305 g/mol. The molecule has 1 atom stereocenters. The number of hydrogen-bond donors (Lipinski definition) is 1. The van der Waals surface area contributed by atoms with Crippen LogP contribution in [0.3, 0.4) is 0 Å². The number of alkyl halides is 3. The van der Waals surface area contributed by atoms with E-state index in [2.05, 4.69) is 5.32 Å². The highest BCUT2D eigenvalue weighted by Gasteiger charge is 2.27. The SMILES string of the molecule is CCNC(CCCC(F)(F)F)c1ccc(OC)c(OC)c1. The van der Waals surface area contributed by atoms with Gasteiger partial charge in [-0.15, -0.1) is 0 Å². The molecule has 0 fully saturated rings. The van der Waals surface area contributed by atoms with Crippen molar-refractivity contribution in [3.8, 4) is 11.5 Å². The Morgan fingerprint density at radius 3 is 2.33 bits per heavy atom. The summed E-state index contributed by atoms with van der Waals surface area (Å²) in [6.07, 6.45) is -4.35. The summed E-state index contributed by atoms with van der Waals surface area (Å²) in [6, 6.07) is 5.29. The van der Waals surface area contributed by atoms with Crippen molar-refractivity contribution in [3.63, 3.8) is 0 Å². The minimum Gasteiger partial charge on any atom is -0.493 e. The third kappa shape index (κ3) is 5.83. The molecule has 0 aromatic heterocycles. The Hall–Kier alpha value is -1.43. The quantitative estimate of drug-likeness (QED) is 0.785. The summed E-state index contributed by atoms with van der Waals surface area (Å²) in [6.45, 7) is 2.61. The Bertz CT molecular complexity index is 435. The zero-order chi connectivity index (χ0) is 15.9. The first-order chi connectivity index (χ1) is 9.91. The van der Waals surface area contributed by atoms with Gasteiger partial charge in [-0.25, -0.2) is 0 Å². The van der Waals surface area contributed by atoms with E-state index in [1.165, 1.54) is 7.11 Å². The molecule has 0 bridgehead atoms. The minimum atomic E-state index is -4.10. The van der Waals surface area contributed by atoms with E-state index in [1.807, 2.05) is 13.0 Å². The molecule has 1 unspecified atom stereocenters. The number of nitrogens with one attached hydrogen (secondary N) is 1. The van der Waals surface area contributed by atoms with Crippen LogP contribution in [0, 0.1) is 0 Å². The van der Waals surface area contributed by atoms with Gasteiger partial charge in [0.15, 0.2) is 11.5 Å². The topological polar surface area (TPSA) is 30.5 Å². The van der Waals surface area contributed by atoms with Gasteiger partial charge in [0.25, 0.3) is 0 Å². The molecule has 0 saturated heterocycles. The zero-order valence-corrected chi connectivity index (χ0v) is 12.6. The van der Waals surface area contributed by atoms with Crippen LogP contribution in [0.4, 0.5) is 13.2 Å². The van der Waals surface area contributed by atoms with Gasteiger partial charge in [-0.3, -0.25) is 0 Å². The van der Waals surface area contributed by atoms with E-state index in [9.17, 15) is 13.2 Å². The summed E-state index contributed by atoms with van der Waals surface area (Å²) in [7, 11) is 3.08. The Balaban J connectivity index is 2.80. The fraction of sp³-hybridized carbons (Fsp3) is 0.600. The number of methoxy groups -OCH3 is 2. The Kier molecular flexibility index (Phi) is 6.81. The number of rotatable bonds is 8. The Morgan fingerprint density at radius 2 is 1.81 bits per heavy atom. The van der Waals surface area contributed by atoms with Gasteiger partial charge in [0, 0.05) is 12.5 Å². The molecule has 6 heteroatoms. The molecule has 3 nitrogen and oxygen atoms in total. The lowest BCUT2D eigenvalue weighted by atomic mass is 10.00. The van der Waals surface area contributed by atoms with Crippen molar-refractivity contribution >= 4 is 0 Å². The van der Waals surface area contributed by atoms with Gasteiger partial charge in [-0.1, -0.05) is 13.0 Å². The molecule has 1 aromatic rings. The number of hydrogen-bond acceptors (Lipinski definition) is 3. The van der Waals surface area contributed by atoms with Crippen molar-refractivity contribution in [2.45, 2.75) is 38.4 Å². The van der Waals surface area contributed by atoms with Crippen LogP contribution in [-0.4, -0.2) is 26.9 Å². The van der Waals surface area contributed by atoms with Crippen molar-refractivity contribution in [1.82, 2.24) is 5.32 Å². The van der Waals surface area contributed by atoms with E-state index < -0.39 is 12.6 Å². The molecule has 0 spiro atoms. The molecule has 1 rings (SSSR count). The highest BCUT2D eigenvalue weighted by atomic mass is 19.4. The van der Waals surface area contributed by atoms with Crippen LogP contribution < -0.4 is 14.8 Å². The molecule has 120 valence electrons. The summed E-state index contributed by atoms with van der Waals surface area (Å²) in [5, 5.41) is 3.21. The van der Waals surface area contributed by atoms with Crippen LogP contribution >= 0.6 is 0 Å². The van der Waals surface area contributed by atoms with Crippen molar-refractivity contribution < 1.29 is 22.6 Å². The lowest BCUT2D eigenvalue weighted by Crippen LogP contribution is -2.21. The molecular formula is C15H22F3NO2. The van der Waals surface area contributed by atoms with Gasteiger partial charge in [0.05, 0.1) is 14.2 Å². The molecule has 0 aliphatic carbocycles. The van der Waals surface area contributed by atoms with Crippen LogP contribution in [0.15, 0.2) is 18.2 Å². The average molecular weight is 305 g/mol. The van der Waals surface area contributed by atoms with Gasteiger partial charge < -0.3 is 14.8 Å². The average Bonchev–Trinajstić information content (AvgIpc) is 2.44. The van der Waals surface area contributed by atoms with Crippen LogP contribution in [0.1, 0.15) is 37.8 Å². The van der Waals surface area contributed by atoms with E-state index in [4.69, 9.17) is 9.47 Å². The zero-order valence-electron chi connectivity index (χ0n) is 12.6. The van der Waals surface area contributed by atoms with Gasteiger partial charge in [0.1, 0.15) is 0 Å². The van der Waals surface area contributed by atoms with Crippen molar-refractivity contribution in [1.29, 1.82) is 0 Å². The Labute approximate surface area is 123 Å². The van der Waals surface area contributed by atoms with E-state index >= 15 is 0 Å². The maximum Gasteiger partial charge on any atom is 0.389 e. The van der Waals surface area contributed by atoms with E-state index in [0.717, 1.165) is 5.56 Å². The highest BCUT2D eigenvalue weighted by molar-refractivity contribution is 5.43. The van der Waals surface area contributed by atoms with Crippen LogP contribution in [0.5, 0.6) is 11.5 Å². The number of halogens is 3. The lowest BCUT2D eigenvalue weighted by Gasteiger charge is -2.20. The molecule has 0 radical (unpaired) electrons. The molecule has 0 aliphatic heterocycles. The summed E-state index contributed by atoms with van der Waals surface area (Å²) in [4.78, 5) is 0. The minimum absolute atomic E-state index is 0.0928. The highest BCUT2D eigenvalue weighted by Crippen LogP contribution is 2.32. The molecule has 0 amide bonds. The van der Waals surface area contributed by atoms with Crippen molar-refractivity contribution in [2.24, 2.45) is 0 Å². The summed E-state index contributed by atoms with van der Waals surface area (Å²) >= 11 is 0. The van der Waals surface area contributed by atoms with Crippen molar-refractivity contribution in [3.05, 3.63) is 23.8 Å². The number of benzene rings is 1. The normalized spacial score (nSPS) is 13.0. The largest absolute Gasteiger partial charge is 0.493 e. The standard InChI is InChI=1S/C15H22F3NO2/c1-4-19-12(6-5-9-15(16,17)18)11-7-8-13(20-2)14(10-11)21-3/h7-8,10,12,19H,4-6,9H2,1-3H3. The Morgan fingerprint density at radius 1 is 1.14 bits per heavy atom. The molecule has 21 heavy (non-hydrogen) atoms. The van der Waals surface area contributed by atoms with E-state index in [0.29, 0.717) is 24.5 Å². The first-order valence-corrected chi connectivity index (χ1v) is 6.93. The second-order valence-corrected chi connectivity index (χ2v) is 4.73. The maximum absolute atomic E-state index is 12.3. The third-order valence-electron chi connectivity index (χ3n) is 3.21. The maximum atomic E-state index is 12.3.